The second-order valence-corrected chi connectivity index (χ2v) is 25.8. The van der Waals surface area contributed by atoms with E-state index >= 15 is 0 Å². The minimum atomic E-state index is -0.475. The number of hydrogen-bond acceptors (Lipinski definition) is 1. The molecular weight excluding hydrogens is 2020 g/mol. The van der Waals surface area contributed by atoms with Gasteiger partial charge in [-0.25, -0.2) is 0 Å². The Morgan fingerprint density at radius 1 is 0.164 bits per heavy atom. The van der Waals surface area contributed by atoms with Gasteiger partial charge < -0.3 is 5.11 Å². The maximum absolute atomic E-state index is 7.50. The molecule has 574 valence electrons. The molecule has 0 radical (unpaired) electrons. The van der Waals surface area contributed by atoms with Crippen molar-refractivity contribution in [2.24, 2.45) is 0 Å². The summed E-state index contributed by atoms with van der Waals surface area (Å²) < 4.78 is 150. The Bertz CT molecular complexity index is 3040. The molecule has 0 saturated heterocycles. The van der Waals surface area contributed by atoms with E-state index in [-0.39, 0.29) is 117 Å². The molecular formula is C79H64O21P4Ru6. The minimum absolute atomic E-state index is 0. The van der Waals surface area contributed by atoms with Gasteiger partial charge in [0.1, 0.15) is 0 Å². The molecule has 8 aromatic rings. The van der Waals surface area contributed by atoms with Gasteiger partial charge in [-0.3, -0.25) is 0 Å². The topological polar surface area (TPSA) is 418 Å². The van der Waals surface area contributed by atoms with Crippen molar-refractivity contribution in [2.45, 2.75) is 55.4 Å². The van der Waals surface area contributed by atoms with Gasteiger partial charge in [0.2, 0.25) is 0 Å². The third kappa shape index (κ3) is 69.9. The van der Waals surface area contributed by atoms with Crippen molar-refractivity contribution in [3.8, 4) is 0 Å². The zero-order valence-corrected chi connectivity index (χ0v) is 73.4. The fraction of sp³-hybridized carbons (Fsp3) is 0.139. The standard InChI is InChI=1S/2C29H30P2.CH4O.20CO.6Ru/c2*1-22-13-5-9-17-26(22)30(27-18-10-6-14-23(27)2)21-31(28-19-11-7-15-24(28)3)29-20-12-8-16-25(29)4;21*1-2;;;;;;/h2*5-20H,21H2,1-4H3;2H,1H3;;;;;;;;;;;;;;;;;;;;;;;;;;. The zero-order chi connectivity index (χ0) is 85.6. The predicted octanol–water partition coefficient (Wildman–Crippen LogP) is 11.7. The van der Waals surface area contributed by atoms with Crippen LogP contribution in [0, 0.1) is 188 Å². The molecule has 0 spiro atoms. The second-order valence-electron chi connectivity index (χ2n) is 16.3. The van der Waals surface area contributed by atoms with E-state index in [1.54, 1.807) is 0 Å². The van der Waals surface area contributed by atoms with Crippen molar-refractivity contribution in [3.63, 3.8) is 0 Å². The maximum atomic E-state index is 7.50. The van der Waals surface area contributed by atoms with Crippen LogP contribution >= 0.6 is 31.7 Å². The predicted molar refractivity (Wildman–Crippen MR) is 371 cm³/mol. The zero-order valence-electron chi connectivity index (χ0n) is 59.4. The molecule has 1 N–H and O–H groups in total. The Balaban J connectivity index is -0.0000000494. The number of rotatable bonds is 12. The van der Waals surface area contributed by atoms with Crippen molar-refractivity contribution in [1.29, 1.82) is 0 Å². The summed E-state index contributed by atoms with van der Waals surface area (Å²) in [4.78, 5) is 0. The number of hydrogen-bond donors (Lipinski definition) is 1. The summed E-state index contributed by atoms with van der Waals surface area (Å²) in [5.41, 5.74) is 11.2. The first kappa shape index (κ1) is 160. The summed E-state index contributed by atoms with van der Waals surface area (Å²) in [5.74, 6) is 2.35. The van der Waals surface area contributed by atoms with Gasteiger partial charge in [0.15, 0.2) is 0 Å². The number of aliphatic hydroxyl groups excluding tert-OH is 1. The molecule has 0 saturated carbocycles. The Morgan fingerprint density at radius 3 is 0.291 bits per heavy atom. The molecule has 31 heteroatoms. The van der Waals surface area contributed by atoms with E-state index in [1.807, 2.05) is 0 Å². The van der Waals surface area contributed by atoms with E-state index in [4.69, 9.17) is 98.2 Å². The summed E-state index contributed by atoms with van der Waals surface area (Å²) in [5, 5.41) is 19.1. The average molecular weight is 2080 g/mol. The molecule has 0 aliphatic carbocycles. The van der Waals surface area contributed by atoms with Gasteiger partial charge in [-0.15, -0.1) is 0 Å². The average Bonchev–Trinajstić information content (AvgIpc) is 0.796. The van der Waals surface area contributed by atoms with E-state index in [0.717, 1.165) is 7.11 Å². The Kier molecular flexibility index (Phi) is 201. The number of aliphatic hydroxyl groups is 1. The van der Waals surface area contributed by atoms with E-state index in [0.29, 0.717) is 0 Å². The van der Waals surface area contributed by atoms with Gasteiger partial charge >= 0.3 is 226 Å². The molecule has 8 rings (SSSR count). The van der Waals surface area contributed by atoms with Gasteiger partial charge in [-0.05, 0) is 174 Å². The molecule has 0 amide bonds. The molecule has 110 heavy (non-hydrogen) atoms. The van der Waals surface area contributed by atoms with Gasteiger partial charge in [0.25, 0.3) is 0 Å². The molecule has 21 nitrogen and oxygen atoms in total. The summed E-state index contributed by atoms with van der Waals surface area (Å²) >= 11 is 0. The van der Waals surface area contributed by atoms with Gasteiger partial charge in [-0.2, -0.15) is 0 Å². The van der Waals surface area contributed by atoms with Crippen LogP contribution < -0.4 is 42.4 Å². The molecule has 8 aromatic carbocycles. The van der Waals surface area contributed by atoms with Crippen molar-refractivity contribution in [3.05, 3.63) is 372 Å². The molecule has 0 aromatic heterocycles. The fourth-order valence-electron chi connectivity index (χ4n) is 8.34. The van der Waals surface area contributed by atoms with Crippen LogP contribution in [-0.2, 0) is 210 Å². The summed E-state index contributed by atoms with van der Waals surface area (Å²) in [6.07, 6.45) is 0. The van der Waals surface area contributed by atoms with Gasteiger partial charge in [0.05, 0.1) is 0 Å². The minimum Gasteiger partial charge on any atom is 0 e. The van der Waals surface area contributed by atoms with Crippen molar-refractivity contribution in [1.82, 2.24) is 0 Å². The maximum Gasteiger partial charge on any atom is 0 e. The quantitative estimate of drug-likeness (QED) is 0.0530. The molecule has 0 aliphatic heterocycles. The van der Waals surface area contributed by atoms with Crippen molar-refractivity contribution >= 4 is 74.1 Å². The largest absolute Gasteiger partial charge is 0 e. The van der Waals surface area contributed by atoms with Crippen LogP contribution in [0.3, 0.4) is 0 Å². The Morgan fingerprint density at radius 2 is 0.227 bits per heavy atom. The van der Waals surface area contributed by atoms with Crippen LogP contribution in [0.15, 0.2) is 194 Å². The molecule has 0 fully saturated rings. The van der Waals surface area contributed by atoms with Crippen molar-refractivity contribution in [2.75, 3.05) is 18.9 Å². The Hall–Kier alpha value is -6.02. The first-order chi connectivity index (χ1) is 51.1. The molecule has 0 atom stereocenters. The summed E-state index contributed by atoms with van der Waals surface area (Å²) in [7, 11) is -0.900. The Labute approximate surface area is 728 Å². The smallest absolute Gasteiger partial charge is 0 e. The van der Waals surface area contributed by atoms with Gasteiger partial charge in [0, 0.05) is 136 Å². The van der Waals surface area contributed by atoms with Crippen LogP contribution in [0.1, 0.15) is 44.5 Å². The third-order valence-electron chi connectivity index (χ3n) is 11.8. The van der Waals surface area contributed by atoms with Crippen LogP contribution in [0.4, 0.5) is 0 Å². The van der Waals surface area contributed by atoms with Crippen LogP contribution in [0.2, 0.25) is 0 Å². The summed E-state index contributed by atoms with van der Waals surface area (Å²) in [6.45, 7) is 108. The molecule has 0 bridgehead atoms. The molecule has 0 unspecified atom stereocenters. The monoisotopic (exact) mass is 2080 g/mol. The van der Waals surface area contributed by atoms with E-state index in [1.165, 1.54) is 98.7 Å². The molecule has 0 aliphatic rings. The number of aryl methyl sites for hydroxylation is 8. The van der Waals surface area contributed by atoms with E-state index < -0.39 is 31.7 Å². The fourth-order valence-corrected chi connectivity index (χ4v) is 22.6. The van der Waals surface area contributed by atoms with Gasteiger partial charge in [-0.1, -0.05) is 194 Å². The molecule has 0 heterocycles. The third-order valence-corrected chi connectivity index (χ3v) is 25.0. The summed E-state index contributed by atoms with van der Waals surface area (Å²) in [6, 6.07) is 72.0. The van der Waals surface area contributed by atoms with Crippen LogP contribution in [0.5, 0.6) is 0 Å². The van der Waals surface area contributed by atoms with Crippen LogP contribution in [0.25, 0.3) is 0 Å². The van der Waals surface area contributed by atoms with E-state index in [9.17, 15) is 0 Å². The van der Waals surface area contributed by atoms with Crippen LogP contribution in [-0.4, -0.2) is 24.0 Å². The number of benzene rings is 8. The SMILES string of the molecule is CO.Cc1ccccc1P(CP(c1ccccc1C)c1ccccc1C)c1ccccc1C.Cc1ccccc1P(CP(c1ccccc1C)c1ccccc1C)c1ccccc1C.[C-]#[O+].[C-]#[O+].[C-]#[O+].[C-]#[O+].[C-]#[O+].[C-]#[O+].[C-]#[O+].[C-]#[O+].[C-]#[O+].[C-]#[O+].[C-]#[O+].[C-]#[O+].[C-]#[O+].[C-]#[O+].[C-]#[O+].[C-]#[O+].[C-]#[O+].[C-]#[O+].[C-]#[O+].[C-]#[O+].[Ru].[Ru].[Ru].[Ru].[Ru].[Ru]. The first-order valence-corrected chi connectivity index (χ1v) is 32.3. The van der Waals surface area contributed by atoms with E-state index in [2.05, 4.69) is 383 Å². The second kappa shape index (κ2) is 138. The van der Waals surface area contributed by atoms with Crippen molar-refractivity contribution < 1.29 is 215 Å². The first-order valence-electron chi connectivity index (χ1n) is 26.2. The normalized spacial score (nSPS) is 6.78.